The molecule has 4 saturated carbocycles. The van der Waals surface area contributed by atoms with Gasteiger partial charge in [0.2, 0.25) is 0 Å². The van der Waals surface area contributed by atoms with Gasteiger partial charge >= 0.3 is 16.4 Å². The predicted octanol–water partition coefficient (Wildman–Crippen LogP) is 7.06. The first-order chi connectivity index (χ1) is 16.8. The van der Waals surface area contributed by atoms with E-state index in [2.05, 4.69) is 54.5 Å². The molecule has 4 fully saturated rings. The van der Waals surface area contributed by atoms with Crippen LogP contribution in [0.15, 0.2) is 11.6 Å². The van der Waals surface area contributed by atoms with Crippen LogP contribution in [-0.4, -0.2) is 30.2 Å². The summed E-state index contributed by atoms with van der Waals surface area (Å²) in [6, 6.07) is 0. The van der Waals surface area contributed by atoms with Crippen molar-refractivity contribution in [3.8, 4) is 0 Å². The zero-order chi connectivity index (χ0) is 27.4. The number of hydrogen-bond acceptors (Lipinski definition) is 4. The normalized spacial score (nSPS) is 48.5. The number of hydrogen-bond donors (Lipinski definition) is 2. The summed E-state index contributed by atoms with van der Waals surface area (Å²) in [5.41, 5.74) is 0.616. The van der Waals surface area contributed by atoms with E-state index >= 15 is 0 Å². The fourth-order valence-corrected chi connectivity index (χ4v) is 11.6. The Balaban J connectivity index is 1.55. The van der Waals surface area contributed by atoms with Crippen LogP contribution >= 0.6 is 0 Å². The monoisotopic (exact) mass is 536 g/mol. The molecule has 210 valence electrons. The fourth-order valence-electron chi connectivity index (χ4n) is 10.9. The molecule has 0 aromatic rings. The number of allylic oxidation sites excluding steroid dienone is 2. The number of carboxylic acid groups (broad SMARTS) is 1. The van der Waals surface area contributed by atoms with E-state index in [0.29, 0.717) is 12.3 Å². The van der Waals surface area contributed by atoms with E-state index in [4.69, 9.17) is 4.18 Å². The molecule has 0 heterocycles. The van der Waals surface area contributed by atoms with Crippen molar-refractivity contribution in [2.24, 2.45) is 50.2 Å². The SMILES string of the molecule is CC1(C)CCC2(C(=O)O)CCC3(C)C(=CCC4C5(C)CCC(OS(=O)(=O)O)C(C)(C)C5CCC43C)C2C1. The average Bonchev–Trinajstić information content (AvgIpc) is 2.75. The maximum absolute atomic E-state index is 12.8. The summed E-state index contributed by atoms with van der Waals surface area (Å²) < 4.78 is 37.9. The van der Waals surface area contributed by atoms with E-state index in [-0.39, 0.29) is 38.9 Å². The van der Waals surface area contributed by atoms with Crippen LogP contribution in [0.4, 0.5) is 0 Å². The smallest absolute Gasteiger partial charge is 0.397 e. The number of carboxylic acids is 1. The van der Waals surface area contributed by atoms with Gasteiger partial charge in [0.25, 0.3) is 0 Å². The molecule has 0 aromatic heterocycles. The topological polar surface area (TPSA) is 101 Å². The quantitative estimate of drug-likeness (QED) is 0.296. The standard InChI is InChI=1S/C30H48O6S/c1-25(2)14-16-30(24(31)32)17-15-28(6)19(20(30)18-25)8-9-22-27(5)12-11-23(36-37(33,34)35)26(3,4)21(27)10-13-29(22,28)7/h8,20-23H,9-18H2,1-7H3,(H,31,32)(H,33,34,35). The second kappa shape index (κ2) is 8.06. The van der Waals surface area contributed by atoms with Crippen molar-refractivity contribution in [2.75, 3.05) is 0 Å². The summed E-state index contributed by atoms with van der Waals surface area (Å²) in [5.74, 6) is 0.226. The minimum absolute atomic E-state index is 0.0216. The van der Waals surface area contributed by atoms with Gasteiger partial charge in [0.15, 0.2) is 0 Å². The Hall–Kier alpha value is -0.920. The molecule has 2 N–H and O–H groups in total. The van der Waals surface area contributed by atoms with Crippen LogP contribution in [0.5, 0.6) is 0 Å². The van der Waals surface area contributed by atoms with Crippen molar-refractivity contribution in [3.63, 3.8) is 0 Å². The van der Waals surface area contributed by atoms with Crippen LogP contribution in [0, 0.1) is 50.2 Å². The second-order valence-electron chi connectivity index (χ2n) is 15.5. The molecule has 37 heavy (non-hydrogen) atoms. The van der Waals surface area contributed by atoms with Gasteiger partial charge in [-0.2, -0.15) is 8.42 Å². The van der Waals surface area contributed by atoms with Crippen LogP contribution < -0.4 is 0 Å². The summed E-state index contributed by atoms with van der Waals surface area (Å²) in [4.78, 5) is 12.8. The number of fused-ring (bicyclic) bond motifs is 7. The lowest BCUT2D eigenvalue weighted by Crippen LogP contribution is -2.65. The van der Waals surface area contributed by atoms with Crippen molar-refractivity contribution in [2.45, 2.75) is 119 Å². The van der Waals surface area contributed by atoms with E-state index in [1.54, 1.807) is 0 Å². The molecule has 5 rings (SSSR count). The van der Waals surface area contributed by atoms with Crippen molar-refractivity contribution < 1.29 is 27.1 Å². The molecular weight excluding hydrogens is 488 g/mol. The molecule has 6 nitrogen and oxygen atoms in total. The van der Waals surface area contributed by atoms with Crippen molar-refractivity contribution in [1.29, 1.82) is 0 Å². The third-order valence-electron chi connectivity index (χ3n) is 13.2. The highest BCUT2D eigenvalue weighted by molar-refractivity contribution is 7.80. The lowest BCUT2D eigenvalue weighted by atomic mass is 9.33. The molecule has 0 spiro atoms. The summed E-state index contributed by atoms with van der Waals surface area (Å²) in [5, 5.41) is 10.5. The van der Waals surface area contributed by atoms with Crippen molar-refractivity contribution in [1.82, 2.24) is 0 Å². The Morgan fingerprint density at radius 3 is 2.19 bits per heavy atom. The Morgan fingerprint density at radius 2 is 1.57 bits per heavy atom. The maximum Gasteiger partial charge on any atom is 0.397 e. The minimum Gasteiger partial charge on any atom is -0.481 e. The number of aliphatic carboxylic acids is 1. The molecule has 0 aliphatic heterocycles. The number of rotatable bonds is 3. The Morgan fingerprint density at radius 1 is 0.919 bits per heavy atom. The Labute approximate surface area is 224 Å². The molecule has 0 amide bonds. The summed E-state index contributed by atoms with van der Waals surface area (Å²) >= 11 is 0. The van der Waals surface area contributed by atoms with Crippen LogP contribution in [0.3, 0.4) is 0 Å². The molecule has 0 bridgehead atoms. The fraction of sp³-hybridized carbons (Fsp3) is 0.900. The lowest BCUT2D eigenvalue weighted by molar-refractivity contribution is -0.202. The van der Waals surface area contributed by atoms with E-state index < -0.39 is 27.9 Å². The van der Waals surface area contributed by atoms with Crippen LogP contribution in [0.2, 0.25) is 0 Å². The average molecular weight is 537 g/mol. The van der Waals surface area contributed by atoms with Gasteiger partial charge in [-0.15, -0.1) is 0 Å². The maximum atomic E-state index is 12.8. The van der Waals surface area contributed by atoms with Gasteiger partial charge in [-0.1, -0.05) is 60.1 Å². The molecule has 8 unspecified atom stereocenters. The third-order valence-corrected chi connectivity index (χ3v) is 13.7. The van der Waals surface area contributed by atoms with Gasteiger partial charge < -0.3 is 5.11 Å². The number of carbonyl (C=O) groups is 1. The first-order valence-electron chi connectivity index (χ1n) is 14.4. The molecule has 0 radical (unpaired) electrons. The second-order valence-corrected chi connectivity index (χ2v) is 16.6. The van der Waals surface area contributed by atoms with Gasteiger partial charge in [0, 0.05) is 0 Å². The molecule has 8 atom stereocenters. The molecule has 7 heteroatoms. The van der Waals surface area contributed by atoms with Crippen LogP contribution in [-0.2, 0) is 19.4 Å². The highest BCUT2D eigenvalue weighted by atomic mass is 32.3. The van der Waals surface area contributed by atoms with E-state index in [1.807, 2.05) is 0 Å². The predicted molar refractivity (Wildman–Crippen MR) is 143 cm³/mol. The summed E-state index contributed by atoms with van der Waals surface area (Å²) in [7, 11) is -4.50. The first-order valence-corrected chi connectivity index (χ1v) is 15.8. The zero-order valence-electron chi connectivity index (χ0n) is 23.9. The summed E-state index contributed by atoms with van der Waals surface area (Å²) in [6.45, 7) is 16.2. The zero-order valence-corrected chi connectivity index (χ0v) is 24.7. The third kappa shape index (κ3) is 3.76. The molecule has 5 aliphatic rings. The first kappa shape index (κ1) is 27.6. The lowest BCUT2D eigenvalue weighted by Gasteiger charge is -2.71. The molecule has 5 aliphatic carbocycles. The van der Waals surface area contributed by atoms with Crippen LogP contribution in [0.25, 0.3) is 0 Å². The van der Waals surface area contributed by atoms with Crippen LogP contribution in [0.1, 0.15) is 113 Å². The van der Waals surface area contributed by atoms with Crippen molar-refractivity contribution >= 4 is 16.4 Å². The largest absolute Gasteiger partial charge is 0.481 e. The van der Waals surface area contributed by atoms with Gasteiger partial charge in [-0.05, 0) is 109 Å². The van der Waals surface area contributed by atoms with Gasteiger partial charge in [0.1, 0.15) is 0 Å². The van der Waals surface area contributed by atoms with Crippen molar-refractivity contribution in [3.05, 3.63) is 11.6 Å². The Kier molecular flexibility index (Phi) is 6.02. The van der Waals surface area contributed by atoms with E-state index in [0.717, 1.165) is 57.8 Å². The molecule has 0 saturated heterocycles. The van der Waals surface area contributed by atoms with E-state index in [1.165, 1.54) is 5.57 Å². The summed E-state index contributed by atoms with van der Waals surface area (Å²) in [6.07, 6.45) is 10.8. The van der Waals surface area contributed by atoms with Gasteiger partial charge in [-0.25, -0.2) is 4.18 Å². The van der Waals surface area contributed by atoms with Gasteiger partial charge in [-0.3, -0.25) is 9.35 Å². The van der Waals surface area contributed by atoms with E-state index in [9.17, 15) is 22.9 Å². The highest BCUT2D eigenvalue weighted by Gasteiger charge is 2.69. The molecule has 0 aromatic carbocycles. The Bertz CT molecular complexity index is 1120. The molecular formula is C30H48O6S. The highest BCUT2D eigenvalue weighted by Crippen LogP contribution is 2.75. The van der Waals surface area contributed by atoms with Gasteiger partial charge in [0.05, 0.1) is 11.5 Å². The minimum atomic E-state index is -4.50.